The molecule has 0 unspecified atom stereocenters. The van der Waals surface area contributed by atoms with Gasteiger partial charge in [-0.1, -0.05) is 24.1 Å². The number of carbonyl (C=O) groups is 2. The molecule has 0 bridgehead atoms. The van der Waals surface area contributed by atoms with Gasteiger partial charge in [0, 0.05) is 7.11 Å². The summed E-state index contributed by atoms with van der Waals surface area (Å²) in [5, 5.41) is 3.29. The highest BCUT2D eigenvalue weighted by molar-refractivity contribution is 6.33. The lowest BCUT2D eigenvalue weighted by molar-refractivity contribution is -0.142. The molecule has 0 heterocycles. The van der Waals surface area contributed by atoms with E-state index in [1.54, 1.807) is 32.2 Å². The van der Waals surface area contributed by atoms with E-state index < -0.39 is 5.41 Å². The maximum Gasteiger partial charge on any atom is 0.310 e. The van der Waals surface area contributed by atoms with Crippen LogP contribution >= 0.6 is 11.6 Å². The van der Waals surface area contributed by atoms with Gasteiger partial charge in [0.2, 0.25) is 5.91 Å². The fourth-order valence-corrected chi connectivity index (χ4v) is 2.97. The maximum atomic E-state index is 12.5. The standard InChI is InChI=1S/C17H22ClNO4/c1-3-23-15(20)10-12-5-6-14(13(18)9-12)19-16(21)17(11-22-2)7-4-8-17/h5-6,9H,3-4,7-8,10-11H2,1-2H3,(H,19,21). The quantitative estimate of drug-likeness (QED) is 0.775. The average molecular weight is 340 g/mol. The van der Waals surface area contributed by atoms with E-state index in [0.29, 0.717) is 23.9 Å². The van der Waals surface area contributed by atoms with E-state index in [1.807, 2.05) is 0 Å². The number of rotatable bonds is 7. The van der Waals surface area contributed by atoms with Gasteiger partial charge in [-0.15, -0.1) is 0 Å². The van der Waals surface area contributed by atoms with Gasteiger partial charge in [-0.2, -0.15) is 0 Å². The lowest BCUT2D eigenvalue weighted by Gasteiger charge is -2.39. The summed E-state index contributed by atoms with van der Waals surface area (Å²) in [6, 6.07) is 5.16. The molecule has 0 aliphatic heterocycles. The summed E-state index contributed by atoms with van der Waals surface area (Å²) in [5.74, 6) is -0.362. The number of carbonyl (C=O) groups excluding carboxylic acids is 2. The van der Waals surface area contributed by atoms with Crippen LogP contribution in [0, 0.1) is 5.41 Å². The fraction of sp³-hybridized carbons (Fsp3) is 0.529. The van der Waals surface area contributed by atoms with Gasteiger partial charge >= 0.3 is 5.97 Å². The third-order valence-electron chi connectivity index (χ3n) is 4.15. The van der Waals surface area contributed by atoms with Crippen molar-refractivity contribution in [1.82, 2.24) is 0 Å². The minimum absolute atomic E-state index is 0.0642. The van der Waals surface area contributed by atoms with Crippen molar-refractivity contribution < 1.29 is 19.1 Å². The molecule has 0 spiro atoms. The Morgan fingerprint density at radius 2 is 2.09 bits per heavy atom. The summed E-state index contributed by atoms with van der Waals surface area (Å²) in [7, 11) is 1.60. The lowest BCUT2D eigenvalue weighted by atomic mass is 9.68. The molecule has 1 amide bonds. The van der Waals surface area contributed by atoms with Crippen LogP contribution in [0.15, 0.2) is 18.2 Å². The molecule has 2 rings (SSSR count). The third-order valence-corrected chi connectivity index (χ3v) is 4.46. The number of nitrogens with one attached hydrogen (secondary N) is 1. The topological polar surface area (TPSA) is 64.6 Å². The summed E-state index contributed by atoms with van der Waals surface area (Å²) in [4.78, 5) is 24.0. The van der Waals surface area contributed by atoms with Gasteiger partial charge in [0.25, 0.3) is 0 Å². The molecule has 6 heteroatoms. The van der Waals surface area contributed by atoms with Gasteiger partial charge in [0.05, 0.1) is 35.8 Å². The summed E-state index contributed by atoms with van der Waals surface area (Å²) in [5.41, 5.74) is 0.857. The van der Waals surface area contributed by atoms with E-state index in [4.69, 9.17) is 21.1 Å². The predicted octanol–water partition coefficient (Wildman–Crippen LogP) is 3.20. The van der Waals surface area contributed by atoms with Crippen molar-refractivity contribution in [3.63, 3.8) is 0 Å². The van der Waals surface area contributed by atoms with Gasteiger partial charge in [-0.25, -0.2) is 0 Å². The molecular formula is C17H22ClNO4. The Kier molecular flexibility index (Phi) is 6.02. The average Bonchev–Trinajstić information content (AvgIpc) is 2.45. The van der Waals surface area contributed by atoms with E-state index in [2.05, 4.69) is 5.32 Å². The van der Waals surface area contributed by atoms with Crippen LogP contribution in [0.4, 0.5) is 5.69 Å². The SMILES string of the molecule is CCOC(=O)Cc1ccc(NC(=O)C2(COC)CCC2)c(Cl)c1. The summed E-state index contributed by atoms with van der Waals surface area (Å²) in [6.07, 6.45) is 2.84. The van der Waals surface area contributed by atoms with Gasteiger partial charge in [0.15, 0.2) is 0 Å². The van der Waals surface area contributed by atoms with Crippen LogP contribution in [0.2, 0.25) is 5.02 Å². The Morgan fingerprint density at radius 3 is 2.61 bits per heavy atom. The Balaban J connectivity index is 2.03. The van der Waals surface area contributed by atoms with Crippen LogP contribution in [0.3, 0.4) is 0 Å². The second kappa shape index (κ2) is 7.79. The molecule has 0 saturated heterocycles. The van der Waals surface area contributed by atoms with Crippen LogP contribution in [0.5, 0.6) is 0 Å². The molecule has 23 heavy (non-hydrogen) atoms. The zero-order chi connectivity index (χ0) is 16.9. The molecule has 0 aromatic heterocycles. The summed E-state index contributed by atoms with van der Waals surface area (Å²) < 4.78 is 10.1. The molecule has 0 atom stereocenters. The highest BCUT2D eigenvalue weighted by Crippen LogP contribution is 2.42. The maximum absolute atomic E-state index is 12.5. The second-order valence-electron chi connectivity index (χ2n) is 5.82. The number of hydrogen-bond donors (Lipinski definition) is 1. The molecule has 1 N–H and O–H groups in total. The minimum atomic E-state index is -0.443. The van der Waals surface area contributed by atoms with Crippen LogP contribution in [0.25, 0.3) is 0 Å². The van der Waals surface area contributed by atoms with Gasteiger partial charge < -0.3 is 14.8 Å². The van der Waals surface area contributed by atoms with Crippen molar-refractivity contribution in [2.45, 2.75) is 32.6 Å². The zero-order valence-electron chi connectivity index (χ0n) is 13.5. The number of amides is 1. The number of halogens is 1. The number of anilines is 1. The van der Waals surface area contributed by atoms with E-state index in [1.165, 1.54) is 0 Å². The first-order valence-electron chi connectivity index (χ1n) is 7.75. The van der Waals surface area contributed by atoms with Crippen LogP contribution < -0.4 is 5.32 Å². The number of hydrogen-bond acceptors (Lipinski definition) is 4. The normalized spacial score (nSPS) is 15.6. The first-order chi connectivity index (χ1) is 11.0. The van der Waals surface area contributed by atoms with E-state index >= 15 is 0 Å². The highest BCUT2D eigenvalue weighted by Gasteiger charge is 2.44. The summed E-state index contributed by atoms with van der Waals surface area (Å²) in [6.45, 7) is 2.53. The van der Waals surface area contributed by atoms with Crippen molar-refractivity contribution in [2.75, 3.05) is 25.6 Å². The highest BCUT2D eigenvalue weighted by atomic mass is 35.5. The molecule has 1 saturated carbocycles. The molecule has 1 aromatic rings. The largest absolute Gasteiger partial charge is 0.466 e. The number of methoxy groups -OCH3 is 1. The number of ether oxygens (including phenoxy) is 2. The Labute approximate surface area is 141 Å². The molecule has 1 aromatic carbocycles. The monoisotopic (exact) mass is 339 g/mol. The van der Waals surface area contributed by atoms with E-state index in [9.17, 15) is 9.59 Å². The van der Waals surface area contributed by atoms with Gasteiger partial charge in [-0.05, 0) is 37.5 Å². The molecule has 1 aliphatic carbocycles. The Bertz CT molecular complexity index is 584. The molecular weight excluding hydrogens is 318 g/mol. The summed E-state index contributed by atoms with van der Waals surface area (Å²) >= 11 is 6.22. The van der Waals surface area contributed by atoms with Gasteiger partial charge in [0.1, 0.15) is 0 Å². The number of benzene rings is 1. The molecule has 1 aliphatic rings. The first-order valence-corrected chi connectivity index (χ1v) is 8.13. The Morgan fingerprint density at radius 1 is 1.35 bits per heavy atom. The van der Waals surface area contributed by atoms with E-state index in [-0.39, 0.29) is 18.3 Å². The predicted molar refractivity (Wildman–Crippen MR) is 88.6 cm³/mol. The van der Waals surface area contributed by atoms with Crippen molar-refractivity contribution in [2.24, 2.45) is 5.41 Å². The second-order valence-corrected chi connectivity index (χ2v) is 6.22. The van der Waals surface area contributed by atoms with Crippen LogP contribution in [-0.4, -0.2) is 32.2 Å². The minimum Gasteiger partial charge on any atom is -0.466 e. The third kappa shape index (κ3) is 4.24. The zero-order valence-corrected chi connectivity index (χ0v) is 14.2. The van der Waals surface area contributed by atoms with Crippen molar-refractivity contribution in [3.05, 3.63) is 28.8 Å². The van der Waals surface area contributed by atoms with Crippen LogP contribution in [0.1, 0.15) is 31.7 Å². The molecule has 0 radical (unpaired) electrons. The van der Waals surface area contributed by atoms with Crippen molar-refractivity contribution >= 4 is 29.2 Å². The molecule has 1 fully saturated rings. The fourth-order valence-electron chi connectivity index (χ4n) is 2.72. The Hall–Kier alpha value is -1.59. The van der Waals surface area contributed by atoms with E-state index in [0.717, 1.165) is 24.8 Å². The first kappa shape index (κ1) is 17.8. The van der Waals surface area contributed by atoms with Crippen molar-refractivity contribution in [3.8, 4) is 0 Å². The van der Waals surface area contributed by atoms with Crippen molar-refractivity contribution in [1.29, 1.82) is 0 Å². The smallest absolute Gasteiger partial charge is 0.310 e. The molecule has 126 valence electrons. The lowest BCUT2D eigenvalue weighted by Crippen LogP contribution is -2.45. The van der Waals surface area contributed by atoms with Gasteiger partial charge in [-0.3, -0.25) is 9.59 Å². The van der Waals surface area contributed by atoms with Crippen LogP contribution in [-0.2, 0) is 25.5 Å². The molecule has 5 nitrogen and oxygen atoms in total. The number of esters is 1.